The van der Waals surface area contributed by atoms with E-state index in [1.165, 1.54) is 5.56 Å². The van der Waals surface area contributed by atoms with E-state index < -0.39 is 0 Å². The average molecular weight is 161 g/mol. The Balaban J connectivity index is 2.44. The monoisotopic (exact) mass is 161 g/mol. The van der Waals surface area contributed by atoms with E-state index in [9.17, 15) is 0 Å². The molecule has 0 spiro atoms. The molecule has 1 aromatic rings. The van der Waals surface area contributed by atoms with Crippen molar-refractivity contribution in [2.45, 2.75) is 13.0 Å². The van der Waals surface area contributed by atoms with E-state index in [4.69, 9.17) is 5.11 Å². The molecule has 0 unspecified atom stereocenters. The SMILES string of the molecule is OCc1ccc2c(c1)C=NCC2. The molecule has 62 valence electrons. The predicted molar refractivity (Wildman–Crippen MR) is 48.5 cm³/mol. The predicted octanol–water partition coefficient (Wildman–Crippen LogP) is 1.15. The highest BCUT2D eigenvalue weighted by atomic mass is 16.3. The van der Waals surface area contributed by atoms with Crippen LogP contribution in [0, 0.1) is 0 Å². The van der Waals surface area contributed by atoms with Crippen molar-refractivity contribution < 1.29 is 5.11 Å². The number of hydrogen-bond acceptors (Lipinski definition) is 2. The molecule has 1 aromatic carbocycles. The van der Waals surface area contributed by atoms with Crippen LogP contribution in [-0.2, 0) is 13.0 Å². The quantitative estimate of drug-likeness (QED) is 0.658. The normalized spacial score (nSPS) is 14.4. The van der Waals surface area contributed by atoms with Crippen molar-refractivity contribution in [3.05, 3.63) is 34.9 Å². The Labute approximate surface area is 71.6 Å². The molecule has 1 heterocycles. The summed E-state index contributed by atoms with van der Waals surface area (Å²) in [4.78, 5) is 4.19. The number of aliphatic hydroxyl groups excluding tert-OH is 1. The van der Waals surface area contributed by atoms with Crippen molar-refractivity contribution in [1.82, 2.24) is 0 Å². The molecule has 0 aliphatic carbocycles. The van der Waals surface area contributed by atoms with E-state index in [2.05, 4.69) is 11.1 Å². The first kappa shape index (κ1) is 7.50. The van der Waals surface area contributed by atoms with Gasteiger partial charge in [-0.15, -0.1) is 0 Å². The van der Waals surface area contributed by atoms with Gasteiger partial charge in [-0.1, -0.05) is 12.1 Å². The van der Waals surface area contributed by atoms with Gasteiger partial charge < -0.3 is 5.11 Å². The van der Waals surface area contributed by atoms with Crippen molar-refractivity contribution in [3.8, 4) is 0 Å². The highest BCUT2D eigenvalue weighted by molar-refractivity contribution is 5.83. The van der Waals surface area contributed by atoms with Gasteiger partial charge in [-0.05, 0) is 29.2 Å². The maximum absolute atomic E-state index is 8.89. The van der Waals surface area contributed by atoms with Gasteiger partial charge in [0.05, 0.1) is 6.61 Å². The number of aliphatic imine (C=N–C) groups is 1. The minimum absolute atomic E-state index is 0.112. The van der Waals surface area contributed by atoms with Gasteiger partial charge in [0.2, 0.25) is 0 Å². The molecular formula is C10H11NO. The molecule has 2 heteroatoms. The number of nitrogens with zero attached hydrogens (tertiary/aromatic N) is 1. The van der Waals surface area contributed by atoms with Gasteiger partial charge in [0.25, 0.3) is 0 Å². The Hall–Kier alpha value is -1.15. The van der Waals surface area contributed by atoms with Crippen LogP contribution in [0.3, 0.4) is 0 Å². The summed E-state index contributed by atoms with van der Waals surface area (Å²) < 4.78 is 0. The van der Waals surface area contributed by atoms with Crippen molar-refractivity contribution in [2.24, 2.45) is 4.99 Å². The summed E-state index contributed by atoms with van der Waals surface area (Å²) in [6.07, 6.45) is 2.91. The van der Waals surface area contributed by atoms with Crippen LogP contribution in [0.4, 0.5) is 0 Å². The fourth-order valence-corrected chi connectivity index (χ4v) is 1.44. The van der Waals surface area contributed by atoms with Crippen LogP contribution >= 0.6 is 0 Å². The second-order valence-electron chi connectivity index (χ2n) is 2.98. The van der Waals surface area contributed by atoms with E-state index in [1.807, 2.05) is 18.3 Å². The van der Waals surface area contributed by atoms with Crippen LogP contribution in [0.1, 0.15) is 16.7 Å². The van der Waals surface area contributed by atoms with Gasteiger partial charge in [-0.2, -0.15) is 0 Å². The second-order valence-corrected chi connectivity index (χ2v) is 2.98. The lowest BCUT2D eigenvalue weighted by atomic mass is 10.0. The largest absolute Gasteiger partial charge is 0.392 e. The van der Waals surface area contributed by atoms with Gasteiger partial charge >= 0.3 is 0 Å². The Morgan fingerprint density at radius 1 is 1.42 bits per heavy atom. The van der Waals surface area contributed by atoms with Crippen LogP contribution < -0.4 is 0 Å². The number of aliphatic hydroxyl groups is 1. The van der Waals surface area contributed by atoms with Gasteiger partial charge in [0.15, 0.2) is 0 Å². The highest BCUT2D eigenvalue weighted by Crippen LogP contribution is 2.14. The van der Waals surface area contributed by atoms with Crippen LogP contribution in [0.15, 0.2) is 23.2 Å². The van der Waals surface area contributed by atoms with E-state index >= 15 is 0 Å². The van der Waals surface area contributed by atoms with Crippen LogP contribution in [0.5, 0.6) is 0 Å². The summed E-state index contributed by atoms with van der Waals surface area (Å²) in [7, 11) is 0. The lowest BCUT2D eigenvalue weighted by Gasteiger charge is -2.10. The minimum atomic E-state index is 0.112. The zero-order valence-corrected chi connectivity index (χ0v) is 6.83. The van der Waals surface area contributed by atoms with Crippen LogP contribution in [0.25, 0.3) is 0 Å². The Morgan fingerprint density at radius 3 is 3.17 bits per heavy atom. The zero-order chi connectivity index (χ0) is 8.39. The summed E-state index contributed by atoms with van der Waals surface area (Å²) in [6.45, 7) is 1.01. The summed E-state index contributed by atoms with van der Waals surface area (Å²) in [5.41, 5.74) is 3.46. The Bertz CT molecular complexity index is 318. The van der Waals surface area contributed by atoms with Crippen molar-refractivity contribution in [1.29, 1.82) is 0 Å². The first-order chi connectivity index (χ1) is 5.90. The third-order valence-electron chi connectivity index (χ3n) is 2.13. The van der Waals surface area contributed by atoms with Crippen LogP contribution in [0.2, 0.25) is 0 Å². The first-order valence-electron chi connectivity index (χ1n) is 4.12. The number of hydrogen-bond donors (Lipinski definition) is 1. The lowest BCUT2D eigenvalue weighted by Crippen LogP contribution is -2.03. The summed E-state index contributed by atoms with van der Waals surface area (Å²) >= 11 is 0. The molecule has 0 bridgehead atoms. The molecule has 2 rings (SSSR count). The first-order valence-corrected chi connectivity index (χ1v) is 4.12. The second kappa shape index (κ2) is 3.07. The molecule has 0 fully saturated rings. The van der Waals surface area contributed by atoms with Crippen molar-refractivity contribution in [3.63, 3.8) is 0 Å². The zero-order valence-electron chi connectivity index (χ0n) is 6.83. The number of benzene rings is 1. The maximum atomic E-state index is 8.89. The fourth-order valence-electron chi connectivity index (χ4n) is 1.44. The summed E-state index contributed by atoms with van der Waals surface area (Å²) in [5.74, 6) is 0. The van der Waals surface area contributed by atoms with Gasteiger partial charge in [0.1, 0.15) is 0 Å². The molecule has 0 aromatic heterocycles. The molecule has 1 aliphatic heterocycles. The standard InChI is InChI=1S/C10H11NO/c12-7-8-1-2-9-3-4-11-6-10(9)5-8/h1-2,5-6,12H,3-4,7H2. The molecule has 0 saturated heterocycles. The van der Waals surface area contributed by atoms with Gasteiger partial charge in [-0.3, -0.25) is 4.99 Å². The average Bonchev–Trinajstić information content (AvgIpc) is 2.17. The van der Waals surface area contributed by atoms with Crippen LogP contribution in [-0.4, -0.2) is 17.9 Å². The Kier molecular flexibility index (Phi) is 1.92. The van der Waals surface area contributed by atoms with Gasteiger partial charge in [-0.25, -0.2) is 0 Å². The number of rotatable bonds is 1. The van der Waals surface area contributed by atoms with Crippen molar-refractivity contribution >= 4 is 6.21 Å². The third-order valence-corrected chi connectivity index (χ3v) is 2.13. The third kappa shape index (κ3) is 1.25. The molecule has 0 radical (unpaired) electrons. The maximum Gasteiger partial charge on any atom is 0.0682 e. The molecule has 1 aliphatic rings. The lowest BCUT2D eigenvalue weighted by molar-refractivity contribution is 0.282. The molecule has 0 amide bonds. The summed E-state index contributed by atoms with van der Waals surface area (Å²) in [5, 5.41) is 8.89. The molecule has 1 N–H and O–H groups in total. The van der Waals surface area contributed by atoms with Gasteiger partial charge in [0, 0.05) is 12.8 Å². The Morgan fingerprint density at radius 2 is 2.33 bits per heavy atom. The van der Waals surface area contributed by atoms with E-state index in [-0.39, 0.29) is 6.61 Å². The smallest absolute Gasteiger partial charge is 0.0682 e. The van der Waals surface area contributed by atoms with E-state index in [0.717, 1.165) is 24.1 Å². The highest BCUT2D eigenvalue weighted by Gasteiger charge is 2.04. The van der Waals surface area contributed by atoms with Crippen molar-refractivity contribution in [2.75, 3.05) is 6.54 Å². The van der Waals surface area contributed by atoms with E-state index in [0.29, 0.717) is 0 Å². The molecule has 12 heavy (non-hydrogen) atoms. The number of fused-ring (bicyclic) bond motifs is 1. The fraction of sp³-hybridized carbons (Fsp3) is 0.300. The molecule has 0 atom stereocenters. The minimum Gasteiger partial charge on any atom is -0.392 e. The molecule has 0 saturated carbocycles. The summed E-state index contributed by atoms with van der Waals surface area (Å²) in [6, 6.07) is 6.04. The topological polar surface area (TPSA) is 32.6 Å². The molecular weight excluding hydrogens is 150 g/mol. The molecule has 2 nitrogen and oxygen atoms in total. The van der Waals surface area contributed by atoms with E-state index in [1.54, 1.807) is 0 Å².